The average molecular weight is 274 g/mol. The first kappa shape index (κ1) is 12.1. The van der Waals surface area contributed by atoms with Crippen LogP contribution in [0.1, 0.15) is 5.56 Å². The van der Waals surface area contributed by atoms with Crippen LogP contribution in [0.4, 0.5) is 0 Å². The van der Waals surface area contributed by atoms with Crippen molar-refractivity contribution in [3.8, 4) is 0 Å². The minimum Gasteiger partial charge on any atom is -0.316 e. The van der Waals surface area contributed by atoms with Crippen LogP contribution < -0.4 is 5.32 Å². The van der Waals surface area contributed by atoms with E-state index in [-0.39, 0.29) is 0 Å². The van der Waals surface area contributed by atoms with Crippen molar-refractivity contribution in [2.45, 2.75) is 12.5 Å². The quantitative estimate of drug-likeness (QED) is 0.886. The fourth-order valence-corrected chi connectivity index (χ4v) is 2.51. The largest absolute Gasteiger partial charge is 0.316 e. The first-order valence-electron chi connectivity index (χ1n) is 4.67. The molecule has 0 aliphatic carbocycles. The smallest absolute Gasteiger partial charge is 0.0207 e. The topological polar surface area (TPSA) is 12.0 Å². The molecule has 0 amide bonds. The molecular formula is C11H16BrNS. The van der Waals surface area contributed by atoms with Gasteiger partial charge in [-0.25, -0.2) is 0 Å². The standard InChI is InChI=1S/C11H16BrNS/c1-13-10(8-14-2)7-9-5-3-4-6-11(9)12/h3-6,10,13H,7-8H2,1-2H3. The summed E-state index contributed by atoms with van der Waals surface area (Å²) in [7, 11) is 2.03. The van der Waals surface area contributed by atoms with Gasteiger partial charge in [0.05, 0.1) is 0 Å². The van der Waals surface area contributed by atoms with Crippen molar-refractivity contribution < 1.29 is 0 Å². The Morgan fingerprint density at radius 1 is 1.43 bits per heavy atom. The molecule has 0 bridgehead atoms. The fourth-order valence-electron chi connectivity index (χ4n) is 1.37. The fraction of sp³-hybridized carbons (Fsp3) is 0.455. The molecule has 0 aromatic heterocycles. The molecule has 0 aliphatic rings. The number of nitrogens with one attached hydrogen (secondary N) is 1. The van der Waals surface area contributed by atoms with Gasteiger partial charge in [-0.05, 0) is 31.4 Å². The molecule has 78 valence electrons. The molecule has 1 nitrogen and oxygen atoms in total. The summed E-state index contributed by atoms with van der Waals surface area (Å²) in [5.41, 5.74) is 1.38. The molecule has 0 saturated heterocycles. The van der Waals surface area contributed by atoms with E-state index in [1.54, 1.807) is 0 Å². The number of rotatable bonds is 5. The summed E-state index contributed by atoms with van der Waals surface area (Å²) in [6.07, 6.45) is 3.23. The van der Waals surface area contributed by atoms with E-state index in [0.29, 0.717) is 6.04 Å². The van der Waals surface area contributed by atoms with Crippen LogP contribution in [0, 0.1) is 0 Å². The monoisotopic (exact) mass is 273 g/mol. The Labute approximate surface area is 98.8 Å². The van der Waals surface area contributed by atoms with Gasteiger partial charge in [-0.3, -0.25) is 0 Å². The Kier molecular flexibility index (Phi) is 5.60. The number of thioether (sulfide) groups is 1. The van der Waals surface area contributed by atoms with Crippen molar-refractivity contribution in [2.75, 3.05) is 19.1 Å². The molecule has 1 unspecified atom stereocenters. The van der Waals surface area contributed by atoms with Gasteiger partial charge < -0.3 is 5.32 Å². The Morgan fingerprint density at radius 3 is 2.71 bits per heavy atom. The highest BCUT2D eigenvalue weighted by atomic mass is 79.9. The van der Waals surface area contributed by atoms with Crippen LogP contribution in [0.3, 0.4) is 0 Å². The Hall–Kier alpha value is 0.01000. The second-order valence-corrected chi connectivity index (χ2v) is 5.00. The molecule has 1 N–H and O–H groups in total. The van der Waals surface area contributed by atoms with Crippen LogP contribution in [0.25, 0.3) is 0 Å². The third-order valence-electron chi connectivity index (χ3n) is 2.20. The Balaban J connectivity index is 2.62. The van der Waals surface area contributed by atoms with Gasteiger partial charge in [-0.1, -0.05) is 34.1 Å². The lowest BCUT2D eigenvalue weighted by Gasteiger charge is -2.15. The first-order chi connectivity index (χ1) is 6.77. The second kappa shape index (κ2) is 6.49. The molecule has 0 radical (unpaired) electrons. The molecule has 0 fully saturated rings. The van der Waals surface area contributed by atoms with Crippen molar-refractivity contribution >= 4 is 27.7 Å². The molecular weight excluding hydrogens is 258 g/mol. The number of hydrogen-bond acceptors (Lipinski definition) is 2. The Bertz CT molecular complexity index is 278. The average Bonchev–Trinajstić information content (AvgIpc) is 2.20. The summed E-state index contributed by atoms with van der Waals surface area (Å²) in [5, 5.41) is 3.34. The van der Waals surface area contributed by atoms with Crippen molar-refractivity contribution in [3.05, 3.63) is 34.3 Å². The maximum absolute atomic E-state index is 3.57. The van der Waals surface area contributed by atoms with E-state index in [0.717, 1.165) is 12.2 Å². The predicted molar refractivity (Wildman–Crippen MR) is 69.1 cm³/mol. The summed E-state index contributed by atoms with van der Waals surface area (Å²) in [5.74, 6) is 1.15. The Morgan fingerprint density at radius 2 is 2.14 bits per heavy atom. The SMILES string of the molecule is CNC(CSC)Cc1ccccc1Br. The maximum atomic E-state index is 3.57. The maximum Gasteiger partial charge on any atom is 0.0207 e. The highest BCUT2D eigenvalue weighted by Gasteiger charge is 2.07. The van der Waals surface area contributed by atoms with Crippen molar-refractivity contribution in [2.24, 2.45) is 0 Å². The van der Waals surface area contributed by atoms with Gasteiger partial charge in [-0.15, -0.1) is 0 Å². The van der Waals surface area contributed by atoms with Gasteiger partial charge in [0.2, 0.25) is 0 Å². The zero-order valence-corrected chi connectivity index (χ0v) is 11.0. The van der Waals surface area contributed by atoms with E-state index in [1.807, 2.05) is 18.8 Å². The van der Waals surface area contributed by atoms with Crippen LogP contribution in [-0.4, -0.2) is 25.1 Å². The first-order valence-corrected chi connectivity index (χ1v) is 6.86. The lowest BCUT2D eigenvalue weighted by atomic mass is 10.1. The highest BCUT2D eigenvalue weighted by Crippen LogP contribution is 2.18. The van der Waals surface area contributed by atoms with Crippen LogP contribution in [0.2, 0.25) is 0 Å². The summed E-state index contributed by atoms with van der Waals surface area (Å²) in [4.78, 5) is 0. The zero-order valence-electron chi connectivity index (χ0n) is 8.59. The van der Waals surface area contributed by atoms with Crippen molar-refractivity contribution in [1.82, 2.24) is 5.32 Å². The number of likely N-dealkylation sites (N-methyl/N-ethyl adjacent to an activating group) is 1. The predicted octanol–water partition coefficient (Wildman–Crippen LogP) is 2.94. The molecule has 3 heteroatoms. The van der Waals surface area contributed by atoms with Gasteiger partial charge in [-0.2, -0.15) is 11.8 Å². The van der Waals surface area contributed by atoms with Gasteiger partial charge >= 0.3 is 0 Å². The van der Waals surface area contributed by atoms with Crippen LogP contribution in [-0.2, 0) is 6.42 Å². The van der Waals surface area contributed by atoms with E-state index < -0.39 is 0 Å². The molecule has 0 spiro atoms. The minimum absolute atomic E-state index is 0.559. The van der Waals surface area contributed by atoms with Crippen LogP contribution in [0.15, 0.2) is 28.7 Å². The molecule has 1 aromatic carbocycles. The molecule has 1 atom stereocenters. The van der Waals surface area contributed by atoms with E-state index in [1.165, 1.54) is 10.0 Å². The normalized spacial score (nSPS) is 12.8. The van der Waals surface area contributed by atoms with Crippen LogP contribution in [0.5, 0.6) is 0 Å². The molecule has 0 aliphatic heterocycles. The number of benzene rings is 1. The third-order valence-corrected chi connectivity index (χ3v) is 3.71. The zero-order chi connectivity index (χ0) is 10.4. The number of hydrogen-bond donors (Lipinski definition) is 1. The second-order valence-electron chi connectivity index (χ2n) is 3.24. The molecule has 1 rings (SSSR count). The summed E-state index contributed by atoms with van der Waals surface area (Å²) >= 11 is 5.45. The van der Waals surface area contributed by atoms with Gasteiger partial charge in [0.25, 0.3) is 0 Å². The van der Waals surface area contributed by atoms with Gasteiger partial charge in [0, 0.05) is 16.3 Å². The summed E-state index contributed by atoms with van der Waals surface area (Å²) in [6, 6.07) is 8.97. The number of halogens is 1. The summed E-state index contributed by atoms with van der Waals surface area (Å²) < 4.78 is 1.21. The molecule has 1 aromatic rings. The third kappa shape index (κ3) is 3.64. The lowest BCUT2D eigenvalue weighted by Crippen LogP contribution is -2.30. The highest BCUT2D eigenvalue weighted by molar-refractivity contribution is 9.10. The lowest BCUT2D eigenvalue weighted by molar-refractivity contribution is 0.616. The van der Waals surface area contributed by atoms with Crippen LogP contribution >= 0.6 is 27.7 Å². The molecule has 14 heavy (non-hydrogen) atoms. The van der Waals surface area contributed by atoms with Gasteiger partial charge in [0.15, 0.2) is 0 Å². The van der Waals surface area contributed by atoms with Crippen molar-refractivity contribution in [1.29, 1.82) is 0 Å². The summed E-state index contributed by atoms with van der Waals surface area (Å²) in [6.45, 7) is 0. The van der Waals surface area contributed by atoms with Gasteiger partial charge in [0.1, 0.15) is 0 Å². The van der Waals surface area contributed by atoms with E-state index >= 15 is 0 Å². The molecule has 0 saturated carbocycles. The van der Waals surface area contributed by atoms with E-state index in [2.05, 4.69) is 51.8 Å². The molecule has 0 heterocycles. The van der Waals surface area contributed by atoms with E-state index in [9.17, 15) is 0 Å². The minimum atomic E-state index is 0.559. The van der Waals surface area contributed by atoms with E-state index in [4.69, 9.17) is 0 Å². The van der Waals surface area contributed by atoms with Crippen molar-refractivity contribution in [3.63, 3.8) is 0 Å².